The van der Waals surface area contributed by atoms with E-state index in [2.05, 4.69) is 34.2 Å². The van der Waals surface area contributed by atoms with Gasteiger partial charge in [0.25, 0.3) is 0 Å². The normalized spacial score (nSPS) is 17.7. The zero-order valence-corrected chi connectivity index (χ0v) is 9.76. The Bertz CT molecular complexity index is 486. The van der Waals surface area contributed by atoms with E-state index in [0.717, 1.165) is 5.82 Å². The summed E-state index contributed by atoms with van der Waals surface area (Å²) in [7, 11) is 0. The molecule has 0 aliphatic heterocycles. The van der Waals surface area contributed by atoms with E-state index in [4.69, 9.17) is 5.73 Å². The van der Waals surface area contributed by atoms with E-state index in [0.29, 0.717) is 5.92 Å². The minimum atomic E-state index is -0.137. The molecule has 3 N–H and O–H groups in total. The molecule has 0 amide bonds. The van der Waals surface area contributed by atoms with Crippen LogP contribution in [0.2, 0.25) is 0 Å². The van der Waals surface area contributed by atoms with Crippen molar-refractivity contribution in [2.45, 2.75) is 31.2 Å². The van der Waals surface area contributed by atoms with Crippen LogP contribution in [0.3, 0.4) is 0 Å². The van der Waals surface area contributed by atoms with Gasteiger partial charge in [0.15, 0.2) is 0 Å². The van der Waals surface area contributed by atoms with Crippen molar-refractivity contribution in [2.24, 2.45) is 5.73 Å². The molecule has 1 saturated carbocycles. The quantitative estimate of drug-likeness (QED) is 0.847. The smallest absolute Gasteiger partial charge is 0.127 e. The van der Waals surface area contributed by atoms with E-state index in [1.807, 2.05) is 6.20 Å². The summed E-state index contributed by atoms with van der Waals surface area (Å²) in [6.45, 7) is 0. The van der Waals surface area contributed by atoms with Gasteiger partial charge in [-0.2, -0.15) is 0 Å². The number of nitrogens with zero attached hydrogens (tertiary/aromatic N) is 1. The Morgan fingerprint density at radius 1 is 1.29 bits per heavy atom. The first-order valence-electron chi connectivity index (χ1n) is 6.20. The van der Waals surface area contributed by atoms with Gasteiger partial charge in [0.05, 0.1) is 6.04 Å². The lowest BCUT2D eigenvalue weighted by Crippen LogP contribution is -2.19. The highest BCUT2D eigenvalue weighted by Crippen LogP contribution is 2.39. The molecular formula is C14H17N3. The van der Waals surface area contributed by atoms with Crippen LogP contribution in [0.25, 0.3) is 0 Å². The maximum atomic E-state index is 6.28. The lowest BCUT2D eigenvalue weighted by Gasteiger charge is -2.29. The van der Waals surface area contributed by atoms with Crippen LogP contribution in [0, 0.1) is 0 Å². The molecule has 17 heavy (non-hydrogen) atoms. The highest BCUT2D eigenvalue weighted by molar-refractivity contribution is 5.36. The maximum Gasteiger partial charge on any atom is 0.127 e. The SMILES string of the molecule is NC(c1ncc[nH]1)c1ccccc1C1CCC1. The van der Waals surface area contributed by atoms with Gasteiger partial charge in [-0.1, -0.05) is 30.7 Å². The van der Waals surface area contributed by atoms with Crippen LogP contribution in [-0.2, 0) is 0 Å². The van der Waals surface area contributed by atoms with Crippen molar-refractivity contribution in [3.05, 3.63) is 53.6 Å². The van der Waals surface area contributed by atoms with Crippen LogP contribution in [-0.4, -0.2) is 9.97 Å². The number of hydrogen-bond acceptors (Lipinski definition) is 2. The van der Waals surface area contributed by atoms with Crippen molar-refractivity contribution in [3.8, 4) is 0 Å². The third kappa shape index (κ3) is 1.87. The van der Waals surface area contributed by atoms with Gasteiger partial charge in [0, 0.05) is 12.4 Å². The Morgan fingerprint density at radius 2 is 2.12 bits per heavy atom. The minimum Gasteiger partial charge on any atom is -0.347 e. The number of nitrogens with two attached hydrogens (primary N) is 1. The minimum absolute atomic E-state index is 0.137. The van der Waals surface area contributed by atoms with Crippen molar-refractivity contribution in [1.29, 1.82) is 0 Å². The molecular weight excluding hydrogens is 210 g/mol. The highest BCUT2D eigenvalue weighted by atomic mass is 14.9. The molecule has 2 aromatic rings. The predicted molar refractivity (Wildman–Crippen MR) is 67.7 cm³/mol. The second-order valence-corrected chi connectivity index (χ2v) is 4.71. The van der Waals surface area contributed by atoms with Gasteiger partial charge >= 0.3 is 0 Å². The van der Waals surface area contributed by atoms with Crippen LogP contribution in [0.15, 0.2) is 36.7 Å². The van der Waals surface area contributed by atoms with Crippen molar-refractivity contribution in [3.63, 3.8) is 0 Å². The van der Waals surface area contributed by atoms with Crippen molar-refractivity contribution in [1.82, 2.24) is 9.97 Å². The fraction of sp³-hybridized carbons (Fsp3) is 0.357. The van der Waals surface area contributed by atoms with Gasteiger partial charge in [0.1, 0.15) is 5.82 Å². The summed E-state index contributed by atoms with van der Waals surface area (Å²) in [5, 5.41) is 0. The topological polar surface area (TPSA) is 54.7 Å². The molecule has 0 saturated heterocycles. The van der Waals surface area contributed by atoms with Crippen molar-refractivity contribution in [2.75, 3.05) is 0 Å². The Labute approximate surface area is 101 Å². The molecule has 3 heteroatoms. The summed E-state index contributed by atoms with van der Waals surface area (Å²) < 4.78 is 0. The molecule has 1 aromatic carbocycles. The summed E-state index contributed by atoms with van der Waals surface area (Å²) >= 11 is 0. The fourth-order valence-electron chi connectivity index (χ4n) is 2.48. The molecule has 1 heterocycles. The van der Waals surface area contributed by atoms with E-state index >= 15 is 0 Å². The summed E-state index contributed by atoms with van der Waals surface area (Å²) in [6, 6.07) is 8.36. The van der Waals surface area contributed by atoms with E-state index in [9.17, 15) is 0 Å². The zero-order chi connectivity index (χ0) is 11.7. The van der Waals surface area contributed by atoms with Gasteiger partial charge in [0.2, 0.25) is 0 Å². The van der Waals surface area contributed by atoms with Gasteiger partial charge in [-0.3, -0.25) is 0 Å². The standard InChI is InChI=1S/C14H17N3/c15-13(14-16-8-9-17-14)12-7-2-1-6-11(12)10-4-3-5-10/h1-2,6-10,13H,3-5,15H2,(H,16,17). The Balaban J connectivity index is 1.96. The number of imidazole rings is 1. The molecule has 1 aliphatic rings. The Kier molecular flexibility index (Phi) is 2.69. The first-order valence-corrected chi connectivity index (χ1v) is 6.20. The lowest BCUT2D eigenvalue weighted by atomic mass is 9.77. The molecule has 0 radical (unpaired) electrons. The van der Waals surface area contributed by atoms with Crippen LogP contribution >= 0.6 is 0 Å². The van der Waals surface area contributed by atoms with E-state index in [1.54, 1.807) is 6.20 Å². The Hall–Kier alpha value is -1.61. The lowest BCUT2D eigenvalue weighted by molar-refractivity contribution is 0.416. The third-order valence-electron chi connectivity index (χ3n) is 3.69. The van der Waals surface area contributed by atoms with Crippen LogP contribution in [0.4, 0.5) is 0 Å². The number of hydrogen-bond donors (Lipinski definition) is 2. The molecule has 1 fully saturated rings. The average Bonchev–Trinajstić information content (AvgIpc) is 2.80. The summed E-state index contributed by atoms with van der Waals surface area (Å²) in [6.07, 6.45) is 7.50. The highest BCUT2D eigenvalue weighted by Gasteiger charge is 2.24. The molecule has 1 aliphatic carbocycles. The molecule has 3 nitrogen and oxygen atoms in total. The number of aromatic amines is 1. The predicted octanol–water partition coefficient (Wildman–Crippen LogP) is 2.73. The molecule has 1 unspecified atom stereocenters. The van der Waals surface area contributed by atoms with Crippen LogP contribution in [0.1, 0.15) is 48.2 Å². The summed E-state index contributed by atoms with van der Waals surface area (Å²) in [4.78, 5) is 7.36. The monoisotopic (exact) mass is 227 g/mol. The fourth-order valence-corrected chi connectivity index (χ4v) is 2.48. The van der Waals surface area contributed by atoms with E-state index in [-0.39, 0.29) is 6.04 Å². The third-order valence-corrected chi connectivity index (χ3v) is 3.69. The molecule has 0 spiro atoms. The Morgan fingerprint density at radius 3 is 2.76 bits per heavy atom. The molecule has 1 atom stereocenters. The first-order chi connectivity index (χ1) is 8.36. The van der Waals surface area contributed by atoms with Crippen LogP contribution < -0.4 is 5.73 Å². The molecule has 3 rings (SSSR count). The van der Waals surface area contributed by atoms with E-state index < -0.39 is 0 Å². The van der Waals surface area contributed by atoms with Gasteiger partial charge < -0.3 is 10.7 Å². The van der Waals surface area contributed by atoms with E-state index in [1.165, 1.54) is 30.4 Å². The molecule has 0 bridgehead atoms. The maximum absolute atomic E-state index is 6.28. The molecule has 1 aromatic heterocycles. The van der Waals surface area contributed by atoms with Gasteiger partial charge in [-0.15, -0.1) is 0 Å². The number of H-pyrrole nitrogens is 1. The second-order valence-electron chi connectivity index (χ2n) is 4.71. The van der Waals surface area contributed by atoms with Crippen LogP contribution in [0.5, 0.6) is 0 Å². The van der Waals surface area contributed by atoms with Gasteiger partial charge in [-0.25, -0.2) is 4.98 Å². The zero-order valence-electron chi connectivity index (χ0n) is 9.76. The van der Waals surface area contributed by atoms with Gasteiger partial charge in [-0.05, 0) is 29.9 Å². The number of nitrogens with one attached hydrogen (secondary N) is 1. The first kappa shape index (κ1) is 10.5. The number of benzene rings is 1. The number of aromatic nitrogens is 2. The summed E-state index contributed by atoms with van der Waals surface area (Å²) in [5.74, 6) is 1.55. The largest absolute Gasteiger partial charge is 0.347 e. The molecule has 88 valence electrons. The second kappa shape index (κ2) is 4.34. The average molecular weight is 227 g/mol. The summed E-state index contributed by atoms with van der Waals surface area (Å²) in [5.41, 5.74) is 8.90. The van der Waals surface area contributed by atoms with Crippen molar-refractivity contribution < 1.29 is 0 Å². The van der Waals surface area contributed by atoms with Crippen molar-refractivity contribution >= 4 is 0 Å². The number of rotatable bonds is 3.